The van der Waals surface area contributed by atoms with Crippen molar-refractivity contribution in [1.29, 1.82) is 0 Å². The molecule has 3 nitrogen and oxygen atoms in total. The highest BCUT2D eigenvalue weighted by Gasteiger charge is 1.91. The van der Waals surface area contributed by atoms with Gasteiger partial charge in [-0.2, -0.15) is 5.10 Å². The van der Waals surface area contributed by atoms with Crippen LogP contribution in [0.2, 0.25) is 0 Å². The SMILES string of the molecule is CN/N=C/c1cnc(C)s1. The smallest absolute Gasteiger partial charge is 0.0900 e. The van der Waals surface area contributed by atoms with Crippen LogP contribution in [0.15, 0.2) is 11.3 Å². The molecular weight excluding hydrogens is 146 g/mol. The monoisotopic (exact) mass is 155 g/mol. The molecule has 0 aliphatic heterocycles. The summed E-state index contributed by atoms with van der Waals surface area (Å²) in [6.07, 6.45) is 3.56. The van der Waals surface area contributed by atoms with Crippen LogP contribution in [-0.4, -0.2) is 18.2 Å². The number of hydrogen-bond acceptors (Lipinski definition) is 4. The van der Waals surface area contributed by atoms with Crippen molar-refractivity contribution in [2.75, 3.05) is 7.05 Å². The molecule has 10 heavy (non-hydrogen) atoms. The molecule has 0 atom stereocenters. The number of nitrogens with zero attached hydrogens (tertiary/aromatic N) is 2. The Kier molecular flexibility index (Phi) is 2.39. The number of hydrogen-bond donors (Lipinski definition) is 1. The molecule has 54 valence electrons. The maximum absolute atomic E-state index is 4.07. The van der Waals surface area contributed by atoms with Crippen molar-refractivity contribution in [3.8, 4) is 0 Å². The van der Waals surface area contributed by atoms with Crippen molar-refractivity contribution in [2.24, 2.45) is 5.10 Å². The van der Waals surface area contributed by atoms with Crippen LogP contribution in [0.25, 0.3) is 0 Å². The van der Waals surface area contributed by atoms with Gasteiger partial charge in [0.25, 0.3) is 0 Å². The lowest BCUT2D eigenvalue weighted by molar-refractivity contribution is 0.908. The lowest BCUT2D eigenvalue weighted by Crippen LogP contribution is -1.93. The Morgan fingerprint density at radius 3 is 3.10 bits per heavy atom. The number of thiazole rings is 1. The van der Waals surface area contributed by atoms with Crippen LogP contribution < -0.4 is 5.43 Å². The summed E-state index contributed by atoms with van der Waals surface area (Å²) in [7, 11) is 1.77. The molecule has 0 aliphatic carbocycles. The Balaban J connectivity index is 2.67. The van der Waals surface area contributed by atoms with Gasteiger partial charge in [-0.1, -0.05) is 0 Å². The molecule has 1 aromatic heterocycles. The first-order valence-electron chi connectivity index (χ1n) is 2.95. The zero-order valence-corrected chi connectivity index (χ0v) is 6.77. The molecule has 1 N–H and O–H groups in total. The first-order chi connectivity index (χ1) is 4.83. The minimum absolute atomic E-state index is 1.07. The molecule has 4 heteroatoms. The highest BCUT2D eigenvalue weighted by atomic mass is 32.1. The zero-order chi connectivity index (χ0) is 7.40. The molecule has 0 radical (unpaired) electrons. The van der Waals surface area contributed by atoms with E-state index in [1.165, 1.54) is 0 Å². The van der Waals surface area contributed by atoms with Crippen molar-refractivity contribution in [3.05, 3.63) is 16.1 Å². The average Bonchev–Trinajstić information content (AvgIpc) is 2.31. The van der Waals surface area contributed by atoms with Gasteiger partial charge in [0.2, 0.25) is 0 Å². The summed E-state index contributed by atoms with van der Waals surface area (Å²) in [6, 6.07) is 0. The van der Waals surface area contributed by atoms with Crippen LogP contribution in [0, 0.1) is 6.92 Å². The third-order valence-electron chi connectivity index (χ3n) is 0.960. The predicted octanol–water partition coefficient (Wildman–Crippen LogP) is 1.00. The molecule has 0 saturated heterocycles. The maximum atomic E-state index is 4.07. The lowest BCUT2D eigenvalue weighted by atomic mass is 10.6. The average molecular weight is 155 g/mol. The van der Waals surface area contributed by atoms with Gasteiger partial charge in [0.15, 0.2) is 0 Å². The molecule has 0 aromatic carbocycles. The number of aromatic nitrogens is 1. The van der Waals surface area contributed by atoms with Gasteiger partial charge in [-0.05, 0) is 6.92 Å². The Morgan fingerprint density at radius 2 is 2.60 bits per heavy atom. The third-order valence-corrected chi connectivity index (χ3v) is 1.81. The fourth-order valence-electron chi connectivity index (χ4n) is 0.566. The third kappa shape index (κ3) is 1.80. The van der Waals surface area contributed by atoms with Gasteiger partial charge in [-0.15, -0.1) is 11.3 Å². The van der Waals surface area contributed by atoms with Gasteiger partial charge < -0.3 is 5.43 Å². The number of hydrazone groups is 1. The van der Waals surface area contributed by atoms with Crippen LogP contribution >= 0.6 is 11.3 Å². The van der Waals surface area contributed by atoms with E-state index in [9.17, 15) is 0 Å². The van der Waals surface area contributed by atoms with E-state index in [4.69, 9.17) is 0 Å². The molecule has 0 bridgehead atoms. The summed E-state index contributed by atoms with van der Waals surface area (Å²) in [5.74, 6) is 0. The molecule has 0 saturated carbocycles. The normalized spacial score (nSPS) is 10.6. The van der Waals surface area contributed by atoms with Gasteiger partial charge >= 0.3 is 0 Å². The van der Waals surface area contributed by atoms with Crippen molar-refractivity contribution < 1.29 is 0 Å². The maximum Gasteiger partial charge on any atom is 0.0900 e. The van der Waals surface area contributed by atoms with E-state index >= 15 is 0 Å². The summed E-state index contributed by atoms with van der Waals surface area (Å²) < 4.78 is 0. The topological polar surface area (TPSA) is 37.3 Å². The summed E-state index contributed by atoms with van der Waals surface area (Å²) in [5, 5.41) is 4.92. The molecule has 0 aliphatic rings. The molecule has 0 spiro atoms. The summed E-state index contributed by atoms with van der Waals surface area (Å²) in [4.78, 5) is 5.14. The van der Waals surface area contributed by atoms with Gasteiger partial charge in [0.05, 0.1) is 16.1 Å². The van der Waals surface area contributed by atoms with Gasteiger partial charge in [-0.25, -0.2) is 4.98 Å². The van der Waals surface area contributed by atoms with Crippen molar-refractivity contribution in [2.45, 2.75) is 6.92 Å². The number of rotatable bonds is 2. The molecular formula is C6H9N3S. The van der Waals surface area contributed by atoms with Crippen LogP contribution in [0.3, 0.4) is 0 Å². The fraction of sp³-hybridized carbons (Fsp3) is 0.333. The second kappa shape index (κ2) is 3.31. The number of nitrogens with one attached hydrogen (secondary N) is 1. The number of aryl methyl sites for hydroxylation is 1. The van der Waals surface area contributed by atoms with E-state index in [0.29, 0.717) is 0 Å². The quantitative estimate of drug-likeness (QED) is 0.511. The van der Waals surface area contributed by atoms with E-state index in [1.54, 1.807) is 30.8 Å². The first-order valence-corrected chi connectivity index (χ1v) is 3.77. The minimum atomic E-state index is 1.07. The minimum Gasteiger partial charge on any atom is -0.313 e. The van der Waals surface area contributed by atoms with Gasteiger partial charge in [-0.3, -0.25) is 0 Å². The Hall–Kier alpha value is -0.900. The second-order valence-corrected chi connectivity index (χ2v) is 3.03. The Labute approximate surface area is 63.8 Å². The zero-order valence-electron chi connectivity index (χ0n) is 5.96. The molecule has 0 fully saturated rings. The van der Waals surface area contributed by atoms with Crippen molar-refractivity contribution in [1.82, 2.24) is 10.4 Å². The summed E-state index contributed by atoms with van der Waals surface area (Å²) >= 11 is 1.63. The van der Waals surface area contributed by atoms with E-state index in [2.05, 4.69) is 15.5 Å². The van der Waals surface area contributed by atoms with E-state index in [1.807, 2.05) is 6.92 Å². The highest BCUT2D eigenvalue weighted by Crippen LogP contribution is 2.07. The largest absolute Gasteiger partial charge is 0.313 e. The van der Waals surface area contributed by atoms with E-state index in [-0.39, 0.29) is 0 Å². The molecule has 1 rings (SSSR count). The summed E-state index contributed by atoms with van der Waals surface area (Å²) in [6.45, 7) is 1.97. The summed E-state index contributed by atoms with van der Waals surface area (Å²) in [5.41, 5.74) is 2.67. The fourth-order valence-corrected chi connectivity index (χ4v) is 1.22. The van der Waals surface area contributed by atoms with E-state index in [0.717, 1.165) is 9.88 Å². The molecule has 1 aromatic rings. The Bertz CT molecular complexity index is 229. The van der Waals surface area contributed by atoms with Crippen LogP contribution in [0.1, 0.15) is 9.88 Å². The Morgan fingerprint density at radius 1 is 1.80 bits per heavy atom. The van der Waals surface area contributed by atoms with Crippen molar-refractivity contribution >= 4 is 17.6 Å². The predicted molar refractivity (Wildman–Crippen MR) is 43.5 cm³/mol. The highest BCUT2D eigenvalue weighted by molar-refractivity contribution is 7.13. The molecule has 0 amide bonds. The molecule has 1 heterocycles. The van der Waals surface area contributed by atoms with Gasteiger partial charge in [0.1, 0.15) is 0 Å². The first kappa shape index (κ1) is 7.21. The van der Waals surface area contributed by atoms with E-state index < -0.39 is 0 Å². The lowest BCUT2D eigenvalue weighted by Gasteiger charge is -1.82. The standard InChI is InChI=1S/C6H9N3S/c1-5-8-3-6(10-5)4-9-7-2/h3-4,7H,1-2H3/b9-4+. The molecule has 0 unspecified atom stereocenters. The van der Waals surface area contributed by atoms with Crippen LogP contribution in [-0.2, 0) is 0 Å². The second-order valence-electron chi connectivity index (χ2n) is 1.76. The van der Waals surface area contributed by atoms with Gasteiger partial charge in [0, 0.05) is 13.2 Å². The van der Waals surface area contributed by atoms with Crippen LogP contribution in [0.4, 0.5) is 0 Å². The van der Waals surface area contributed by atoms with Crippen LogP contribution in [0.5, 0.6) is 0 Å². The van der Waals surface area contributed by atoms with Crippen molar-refractivity contribution in [3.63, 3.8) is 0 Å².